The fourth-order valence-electron chi connectivity index (χ4n) is 5.45. The van der Waals surface area contributed by atoms with Crippen LogP contribution in [0, 0.1) is 11.8 Å². The molecule has 3 atom stereocenters. The Bertz CT molecular complexity index is 1290. The van der Waals surface area contributed by atoms with E-state index in [1.807, 2.05) is 0 Å². The minimum Gasteiger partial charge on any atom is -0.444 e. The molecule has 42 heavy (non-hydrogen) atoms. The largest absolute Gasteiger partial charge is 0.444 e. The standard InChI is InChI=1S/C30H41N5O7/c1-30(2,3)42-29(41)34-21-10-7-15-35(28(21)40)23(16-18-8-5-4-6-9-18)26(38)33-22(17-19-13-14-31-25(19)37)24(36)27(39)32-20-11-12-20/h7,10,14-15,18-20,22-23H,4-6,8-9,11-13,16-17H2,1-3H3,(H,32,39)(H,33,38)(H,34,41)/t19-,22-,23-/m0/s1. The van der Waals surface area contributed by atoms with Crippen LogP contribution in [0.15, 0.2) is 28.1 Å². The number of pyridine rings is 1. The first-order chi connectivity index (χ1) is 19.9. The van der Waals surface area contributed by atoms with Gasteiger partial charge in [-0.05, 0) is 70.9 Å². The number of aromatic nitrogens is 1. The zero-order valence-electron chi connectivity index (χ0n) is 24.5. The molecule has 1 aliphatic heterocycles. The quantitative estimate of drug-likeness (QED) is 0.337. The summed E-state index contributed by atoms with van der Waals surface area (Å²) < 4.78 is 6.54. The molecule has 1 aromatic heterocycles. The molecule has 0 unspecified atom stereocenters. The molecule has 12 nitrogen and oxygen atoms in total. The van der Waals surface area contributed by atoms with Crippen LogP contribution < -0.4 is 21.5 Å². The van der Waals surface area contributed by atoms with Crippen molar-refractivity contribution in [2.45, 2.75) is 109 Å². The molecule has 228 valence electrons. The van der Waals surface area contributed by atoms with Crippen LogP contribution in [0.1, 0.15) is 91.0 Å². The number of Topliss-reactive ketones (excluding diaryl/α,β-unsaturated/α-hetero) is 1. The molecule has 4 rings (SSSR count). The Kier molecular flexibility index (Phi) is 9.95. The SMILES string of the molecule is CC(C)(C)OC(=O)Nc1cccn([C@@H](CC2CCCCC2)C(=O)N[C@@H](C[C@@H]2CC=NC2=O)C(=O)C(=O)NC2CC2)c1=O. The van der Waals surface area contributed by atoms with E-state index in [0.717, 1.165) is 44.9 Å². The summed E-state index contributed by atoms with van der Waals surface area (Å²) in [7, 11) is 0. The van der Waals surface area contributed by atoms with Crippen molar-refractivity contribution < 1.29 is 28.7 Å². The van der Waals surface area contributed by atoms with Crippen molar-refractivity contribution in [2.75, 3.05) is 5.32 Å². The van der Waals surface area contributed by atoms with Gasteiger partial charge in [0.1, 0.15) is 17.3 Å². The predicted molar refractivity (Wildman–Crippen MR) is 155 cm³/mol. The summed E-state index contributed by atoms with van der Waals surface area (Å²) in [5.41, 5.74) is -1.44. The summed E-state index contributed by atoms with van der Waals surface area (Å²) in [6, 6.07) is 0.638. The summed E-state index contributed by atoms with van der Waals surface area (Å²) in [6.07, 6.45) is 9.20. The third-order valence-corrected chi connectivity index (χ3v) is 7.78. The Hall–Kier alpha value is -3.83. The molecule has 1 aromatic rings. The van der Waals surface area contributed by atoms with Gasteiger partial charge in [0.2, 0.25) is 17.6 Å². The highest BCUT2D eigenvalue weighted by molar-refractivity contribution is 6.38. The van der Waals surface area contributed by atoms with Gasteiger partial charge in [0.15, 0.2) is 0 Å². The third-order valence-electron chi connectivity index (χ3n) is 7.78. The summed E-state index contributed by atoms with van der Waals surface area (Å²) in [6.45, 7) is 5.11. The molecule has 2 aliphatic carbocycles. The van der Waals surface area contributed by atoms with Crippen LogP contribution in [0.3, 0.4) is 0 Å². The average Bonchev–Trinajstić information content (AvgIpc) is 3.66. The number of nitrogens with one attached hydrogen (secondary N) is 3. The second kappa shape index (κ2) is 13.4. The van der Waals surface area contributed by atoms with E-state index in [1.165, 1.54) is 23.0 Å². The van der Waals surface area contributed by atoms with Crippen molar-refractivity contribution in [1.82, 2.24) is 15.2 Å². The maximum atomic E-state index is 13.9. The van der Waals surface area contributed by atoms with Gasteiger partial charge in [-0.25, -0.2) is 9.79 Å². The monoisotopic (exact) mass is 583 g/mol. The molecule has 2 heterocycles. The molecule has 4 amide bonds. The van der Waals surface area contributed by atoms with E-state index in [0.29, 0.717) is 12.8 Å². The van der Waals surface area contributed by atoms with Gasteiger partial charge in [0.05, 0.1) is 6.04 Å². The predicted octanol–water partition coefficient (Wildman–Crippen LogP) is 3.05. The molecular formula is C30H41N5O7. The molecule has 2 fully saturated rings. The van der Waals surface area contributed by atoms with Gasteiger partial charge < -0.3 is 19.9 Å². The molecule has 2 saturated carbocycles. The molecule has 0 spiro atoms. The van der Waals surface area contributed by atoms with Gasteiger partial charge in [0, 0.05) is 24.4 Å². The minimum atomic E-state index is -1.26. The number of anilines is 1. The number of carbonyl (C=O) groups is 5. The normalized spacial score (nSPS) is 20.5. The fraction of sp³-hybridized carbons (Fsp3) is 0.633. The fourth-order valence-corrected chi connectivity index (χ4v) is 5.45. The number of ether oxygens (including phenoxy) is 1. The van der Waals surface area contributed by atoms with E-state index in [2.05, 4.69) is 20.9 Å². The van der Waals surface area contributed by atoms with Crippen molar-refractivity contribution in [3.05, 3.63) is 28.7 Å². The first-order valence-corrected chi connectivity index (χ1v) is 14.8. The lowest BCUT2D eigenvalue weighted by Gasteiger charge is -2.29. The molecular weight excluding hydrogens is 542 g/mol. The average molecular weight is 584 g/mol. The topological polar surface area (TPSA) is 165 Å². The Morgan fingerprint density at radius 3 is 2.38 bits per heavy atom. The maximum Gasteiger partial charge on any atom is 0.412 e. The number of amides is 4. The van der Waals surface area contributed by atoms with Crippen molar-refractivity contribution in [3.63, 3.8) is 0 Å². The minimum absolute atomic E-state index is 0.0571. The number of aliphatic imine (C=N–C) groups is 1. The second-order valence-corrected chi connectivity index (χ2v) is 12.5. The van der Waals surface area contributed by atoms with Crippen LogP contribution in [0.4, 0.5) is 10.5 Å². The van der Waals surface area contributed by atoms with E-state index in [-0.39, 0.29) is 24.1 Å². The Morgan fingerprint density at radius 1 is 1.05 bits per heavy atom. The third kappa shape index (κ3) is 8.59. The van der Waals surface area contributed by atoms with E-state index >= 15 is 0 Å². The summed E-state index contributed by atoms with van der Waals surface area (Å²) >= 11 is 0. The lowest BCUT2D eigenvalue weighted by molar-refractivity contribution is -0.141. The van der Waals surface area contributed by atoms with Crippen LogP contribution in [0.2, 0.25) is 0 Å². The summed E-state index contributed by atoms with van der Waals surface area (Å²) in [5.74, 6) is -3.12. The summed E-state index contributed by atoms with van der Waals surface area (Å²) in [5, 5.41) is 7.85. The summed E-state index contributed by atoms with van der Waals surface area (Å²) in [4.78, 5) is 81.8. The van der Waals surface area contributed by atoms with Gasteiger partial charge >= 0.3 is 6.09 Å². The Labute approximate surface area is 245 Å². The molecule has 0 radical (unpaired) electrons. The van der Waals surface area contributed by atoms with Crippen molar-refractivity contribution >= 4 is 41.5 Å². The first-order valence-electron chi connectivity index (χ1n) is 14.8. The van der Waals surface area contributed by atoms with Crippen molar-refractivity contribution in [3.8, 4) is 0 Å². The number of nitrogens with zero attached hydrogens (tertiary/aromatic N) is 2. The van der Waals surface area contributed by atoms with Gasteiger partial charge in [-0.15, -0.1) is 0 Å². The molecule has 3 aliphatic rings. The van der Waals surface area contributed by atoms with Crippen molar-refractivity contribution in [2.24, 2.45) is 16.8 Å². The van der Waals surface area contributed by atoms with Crippen LogP contribution in [0.5, 0.6) is 0 Å². The van der Waals surface area contributed by atoms with Gasteiger partial charge in [-0.1, -0.05) is 32.1 Å². The molecule has 0 bridgehead atoms. The highest BCUT2D eigenvalue weighted by Crippen LogP contribution is 2.31. The Morgan fingerprint density at radius 2 is 1.76 bits per heavy atom. The second-order valence-electron chi connectivity index (χ2n) is 12.5. The van der Waals surface area contributed by atoms with E-state index < -0.39 is 58.8 Å². The van der Waals surface area contributed by atoms with Crippen LogP contribution in [-0.4, -0.2) is 58.1 Å². The number of ketones is 1. The lowest BCUT2D eigenvalue weighted by Crippen LogP contribution is -2.51. The van der Waals surface area contributed by atoms with Crippen LogP contribution in [-0.2, 0) is 23.9 Å². The highest BCUT2D eigenvalue weighted by Gasteiger charge is 2.37. The zero-order valence-corrected chi connectivity index (χ0v) is 24.5. The highest BCUT2D eigenvalue weighted by atomic mass is 16.6. The molecule has 0 saturated heterocycles. The van der Waals surface area contributed by atoms with E-state index in [9.17, 15) is 28.8 Å². The number of rotatable bonds is 11. The lowest BCUT2D eigenvalue weighted by atomic mass is 9.84. The van der Waals surface area contributed by atoms with Crippen LogP contribution in [0.25, 0.3) is 0 Å². The van der Waals surface area contributed by atoms with E-state index in [1.54, 1.807) is 26.8 Å². The molecule has 3 N–H and O–H groups in total. The maximum absolute atomic E-state index is 13.9. The number of carbonyl (C=O) groups excluding carboxylic acids is 5. The number of hydrogen-bond acceptors (Lipinski definition) is 7. The van der Waals surface area contributed by atoms with Crippen LogP contribution >= 0.6 is 0 Å². The number of hydrogen-bond donors (Lipinski definition) is 3. The van der Waals surface area contributed by atoms with Gasteiger partial charge in [-0.2, -0.15) is 0 Å². The molecule has 12 heteroatoms. The Balaban J connectivity index is 1.60. The molecule has 0 aromatic carbocycles. The van der Waals surface area contributed by atoms with Gasteiger partial charge in [0.25, 0.3) is 11.5 Å². The van der Waals surface area contributed by atoms with Gasteiger partial charge in [-0.3, -0.25) is 29.3 Å². The first kappa shape index (κ1) is 31.1. The smallest absolute Gasteiger partial charge is 0.412 e. The van der Waals surface area contributed by atoms with Crippen molar-refractivity contribution in [1.29, 1.82) is 0 Å². The van der Waals surface area contributed by atoms with E-state index in [4.69, 9.17) is 4.74 Å². The zero-order chi connectivity index (χ0) is 30.4.